The minimum atomic E-state index is 0.551. The molecule has 1 aromatic heterocycles. The fourth-order valence-corrected chi connectivity index (χ4v) is 3.30. The first-order chi connectivity index (χ1) is 11.7. The van der Waals surface area contributed by atoms with Crippen molar-refractivity contribution < 1.29 is 0 Å². The molecule has 0 amide bonds. The van der Waals surface area contributed by atoms with E-state index < -0.39 is 0 Å². The molecular formula is C20H18N4. The Hall–Kier alpha value is -3.06. The van der Waals surface area contributed by atoms with Gasteiger partial charge in [-0.1, -0.05) is 18.2 Å². The first-order valence-electron chi connectivity index (χ1n) is 8.15. The number of H-pyrrole nitrogens is 1. The van der Waals surface area contributed by atoms with Crippen molar-refractivity contribution in [1.29, 1.82) is 5.26 Å². The van der Waals surface area contributed by atoms with Crippen LogP contribution in [-0.4, -0.2) is 23.6 Å². The molecular weight excluding hydrogens is 296 g/mol. The van der Waals surface area contributed by atoms with Gasteiger partial charge < -0.3 is 9.88 Å². The Balaban J connectivity index is 1.74. The predicted octanol–water partition coefficient (Wildman–Crippen LogP) is 4.01. The van der Waals surface area contributed by atoms with Crippen LogP contribution in [0.3, 0.4) is 0 Å². The van der Waals surface area contributed by atoms with E-state index in [0.29, 0.717) is 11.4 Å². The van der Waals surface area contributed by atoms with Crippen molar-refractivity contribution in [1.82, 2.24) is 9.97 Å². The van der Waals surface area contributed by atoms with Crippen LogP contribution in [0.2, 0.25) is 0 Å². The van der Waals surface area contributed by atoms with Crippen molar-refractivity contribution in [3.63, 3.8) is 0 Å². The van der Waals surface area contributed by atoms with Crippen molar-refractivity contribution in [2.24, 2.45) is 0 Å². The fraction of sp³-hybridized carbons (Fsp3) is 0.200. The summed E-state index contributed by atoms with van der Waals surface area (Å²) in [6, 6.07) is 16.5. The molecule has 0 saturated heterocycles. The first kappa shape index (κ1) is 14.5. The smallest absolute Gasteiger partial charge is 0.149 e. The van der Waals surface area contributed by atoms with E-state index >= 15 is 0 Å². The SMILES string of the molecule is CN1CCCc2cc(/C=C(\C#N)c3nc4ccccc4[nH]3)ccc21. The molecule has 118 valence electrons. The monoisotopic (exact) mass is 314 g/mol. The third-order valence-corrected chi connectivity index (χ3v) is 4.53. The van der Waals surface area contributed by atoms with Crippen LogP contribution in [0.5, 0.6) is 0 Å². The molecule has 0 atom stereocenters. The van der Waals surface area contributed by atoms with Gasteiger partial charge in [-0.15, -0.1) is 0 Å². The number of nitriles is 1. The number of benzene rings is 2. The molecule has 0 spiro atoms. The van der Waals surface area contributed by atoms with Crippen LogP contribution in [0.25, 0.3) is 22.7 Å². The van der Waals surface area contributed by atoms with E-state index in [1.165, 1.54) is 17.7 Å². The zero-order valence-corrected chi connectivity index (χ0v) is 13.6. The van der Waals surface area contributed by atoms with Crippen molar-refractivity contribution in [2.45, 2.75) is 12.8 Å². The van der Waals surface area contributed by atoms with Crippen LogP contribution in [-0.2, 0) is 6.42 Å². The highest BCUT2D eigenvalue weighted by Crippen LogP contribution is 2.28. The van der Waals surface area contributed by atoms with Gasteiger partial charge in [0.25, 0.3) is 0 Å². The van der Waals surface area contributed by atoms with Crippen LogP contribution in [0, 0.1) is 11.3 Å². The number of para-hydroxylation sites is 2. The summed E-state index contributed by atoms with van der Waals surface area (Å²) in [5.41, 5.74) is 6.05. The maximum absolute atomic E-state index is 9.56. The van der Waals surface area contributed by atoms with Crippen molar-refractivity contribution in [3.8, 4) is 6.07 Å². The minimum Gasteiger partial charge on any atom is -0.374 e. The summed E-state index contributed by atoms with van der Waals surface area (Å²) in [5.74, 6) is 0.619. The van der Waals surface area contributed by atoms with Gasteiger partial charge in [-0.3, -0.25) is 0 Å². The largest absolute Gasteiger partial charge is 0.374 e. The molecule has 0 saturated carbocycles. The molecule has 2 heterocycles. The van der Waals surface area contributed by atoms with Gasteiger partial charge in [0.2, 0.25) is 0 Å². The number of nitrogens with one attached hydrogen (secondary N) is 1. The Kier molecular flexibility index (Phi) is 3.55. The van der Waals surface area contributed by atoms with Gasteiger partial charge in [-0.25, -0.2) is 4.98 Å². The molecule has 1 aliphatic rings. The van der Waals surface area contributed by atoms with Gasteiger partial charge in [0.1, 0.15) is 11.9 Å². The number of rotatable bonds is 2. The second kappa shape index (κ2) is 5.86. The van der Waals surface area contributed by atoms with E-state index in [9.17, 15) is 5.26 Å². The van der Waals surface area contributed by atoms with Crippen molar-refractivity contribution >= 4 is 28.4 Å². The second-order valence-corrected chi connectivity index (χ2v) is 6.19. The maximum Gasteiger partial charge on any atom is 0.149 e. The van der Waals surface area contributed by atoms with E-state index in [-0.39, 0.29) is 0 Å². The number of nitrogens with zero attached hydrogens (tertiary/aromatic N) is 3. The summed E-state index contributed by atoms with van der Waals surface area (Å²) in [4.78, 5) is 10.0. The average Bonchev–Trinajstić information content (AvgIpc) is 3.03. The quantitative estimate of drug-likeness (QED) is 0.727. The van der Waals surface area contributed by atoms with Gasteiger partial charge in [-0.05, 0) is 54.3 Å². The fourth-order valence-electron chi connectivity index (χ4n) is 3.30. The van der Waals surface area contributed by atoms with E-state index in [0.717, 1.165) is 29.6 Å². The Morgan fingerprint density at radius 3 is 3.00 bits per heavy atom. The highest BCUT2D eigenvalue weighted by Gasteiger charge is 2.14. The topological polar surface area (TPSA) is 55.7 Å². The van der Waals surface area contributed by atoms with E-state index in [2.05, 4.69) is 46.2 Å². The summed E-state index contributed by atoms with van der Waals surface area (Å²) in [7, 11) is 2.13. The molecule has 4 heteroatoms. The van der Waals surface area contributed by atoms with E-state index in [4.69, 9.17) is 0 Å². The standard InChI is InChI=1S/C20H18N4/c1-24-10-4-5-15-11-14(8-9-19(15)24)12-16(13-21)20-22-17-6-2-3-7-18(17)23-20/h2-3,6-9,11-12H,4-5,10H2,1H3,(H,22,23)/b16-12+. The second-order valence-electron chi connectivity index (χ2n) is 6.19. The molecule has 0 unspecified atom stereocenters. The van der Waals surface area contributed by atoms with Gasteiger partial charge in [0.05, 0.1) is 16.6 Å². The number of aromatic nitrogens is 2. The molecule has 0 radical (unpaired) electrons. The summed E-state index contributed by atoms with van der Waals surface area (Å²) in [6.07, 6.45) is 4.17. The van der Waals surface area contributed by atoms with E-state index in [1.807, 2.05) is 30.3 Å². The highest BCUT2D eigenvalue weighted by atomic mass is 15.1. The lowest BCUT2D eigenvalue weighted by Gasteiger charge is -2.27. The number of hydrogen-bond donors (Lipinski definition) is 1. The van der Waals surface area contributed by atoms with Crippen LogP contribution in [0.4, 0.5) is 5.69 Å². The zero-order valence-electron chi connectivity index (χ0n) is 13.6. The molecule has 1 N–H and O–H groups in total. The Morgan fingerprint density at radius 1 is 1.29 bits per heavy atom. The molecule has 0 bridgehead atoms. The lowest BCUT2D eigenvalue weighted by atomic mass is 9.99. The van der Waals surface area contributed by atoms with Crippen molar-refractivity contribution in [2.75, 3.05) is 18.5 Å². The average molecular weight is 314 g/mol. The van der Waals surface area contributed by atoms with Crippen LogP contribution in [0.1, 0.15) is 23.4 Å². The normalized spacial score (nSPS) is 14.5. The molecule has 0 aliphatic carbocycles. The molecule has 3 aromatic rings. The minimum absolute atomic E-state index is 0.551. The van der Waals surface area contributed by atoms with Gasteiger partial charge in [0, 0.05) is 19.3 Å². The summed E-state index contributed by atoms with van der Waals surface area (Å²) in [6.45, 7) is 1.10. The Labute approximate surface area is 141 Å². The third-order valence-electron chi connectivity index (χ3n) is 4.53. The summed E-state index contributed by atoms with van der Waals surface area (Å²) in [5, 5.41) is 9.56. The highest BCUT2D eigenvalue weighted by molar-refractivity contribution is 5.90. The van der Waals surface area contributed by atoms with Gasteiger partial charge in [0.15, 0.2) is 0 Å². The Bertz CT molecular complexity index is 942. The molecule has 1 aliphatic heterocycles. The third kappa shape index (κ3) is 2.55. The number of aromatic amines is 1. The van der Waals surface area contributed by atoms with Crippen LogP contribution >= 0.6 is 0 Å². The number of hydrogen-bond acceptors (Lipinski definition) is 3. The summed E-state index contributed by atoms with van der Waals surface area (Å²) >= 11 is 0. The van der Waals surface area contributed by atoms with Gasteiger partial charge in [-0.2, -0.15) is 5.26 Å². The first-order valence-corrected chi connectivity index (χ1v) is 8.15. The van der Waals surface area contributed by atoms with Crippen LogP contribution < -0.4 is 4.90 Å². The number of imidazole rings is 1. The Morgan fingerprint density at radius 2 is 2.17 bits per heavy atom. The number of allylic oxidation sites excluding steroid dienone is 1. The lowest BCUT2D eigenvalue weighted by Crippen LogP contribution is -2.24. The zero-order chi connectivity index (χ0) is 16.5. The number of fused-ring (bicyclic) bond motifs is 2. The lowest BCUT2D eigenvalue weighted by molar-refractivity contribution is 0.744. The molecule has 4 nitrogen and oxygen atoms in total. The molecule has 2 aromatic carbocycles. The molecule has 24 heavy (non-hydrogen) atoms. The van der Waals surface area contributed by atoms with Crippen LogP contribution in [0.15, 0.2) is 42.5 Å². The predicted molar refractivity (Wildman–Crippen MR) is 97.6 cm³/mol. The number of aryl methyl sites for hydroxylation is 1. The molecule has 0 fully saturated rings. The summed E-state index contributed by atoms with van der Waals surface area (Å²) < 4.78 is 0. The van der Waals surface area contributed by atoms with E-state index in [1.54, 1.807) is 0 Å². The molecule has 4 rings (SSSR count). The van der Waals surface area contributed by atoms with Crippen molar-refractivity contribution in [3.05, 3.63) is 59.4 Å². The number of anilines is 1. The maximum atomic E-state index is 9.56. The van der Waals surface area contributed by atoms with Gasteiger partial charge >= 0.3 is 0 Å².